The van der Waals surface area contributed by atoms with Crippen molar-refractivity contribution in [3.05, 3.63) is 24.2 Å². The molecule has 1 saturated carbocycles. The third-order valence-corrected chi connectivity index (χ3v) is 5.34. The van der Waals surface area contributed by atoms with E-state index in [1.165, 1.54) is 32.1 Å². The number of nitrogens with two attached hydrogens (primary N) is 1. The number of hydrogen-bond acceptors (Lipinski definition) is 6. The molecule has 2 aromatic rings. The van der Waals surface area contributed by atoms with Crippen LogP contribution in [0.3, 0.4) is 0 Å². The lowest BCUT2D eigenvalue weighted by atomic mass is 9.78. The molecule has 1 aliphatic heterocycles. The number of rotatable bonds is 3. The van der Waals surface area contributed by atoms with Crippen molar-refractivity contribution in [2.75, 3.05) is 17.7 Å². The van der Waals surface area contributed by atoms with Crippen LogP contribution in [-0.4, -0.2) is 38.0 Å². The smallest absolute Gasteiger partial charge is 0.161 e. The van der Waals surface area contributed by atoms with E-state index >= 15 is 0 Å². The van der Waals surface area contributed by atoms with Gasteiger partial charge in [-0.15, -0.1) is 0 Å². The lowest BCUT2D eigenvalue weighted by Gasteiger charge is -2.43. The summed E-state index contributed by atoms with van der Waals surface area (Å²) in [7, 11) is 0. The maximum atomic E-state index is 6.18. The third kappa shape index (κ3) is 3.46. The first-order chi connectivity index (χ1) is 12.1. The van der Waals surface area contributed by atoms with Gasteiger partial charge >= 0.3 is 0 Å². The molecule has 3 N–H and O–H groups in total. The fraction of sp³-hybridized carbons (Fsp3) is 0.611. The molecular formula is C18H26N6O. The number of ether oxygens (including phenoxy) is 1. The van der Waals surface area contributed by atoms with E-state index in [0.29, 0.717) is 17.7 Å². The summed E-state index contributed by atoms with van der Waals surface area (Å²) in [5, 5.41) is 7.97. The average Bonchev–Trinajstić information content (AvgIpc) is 2.94. The summed E-state index contributed by atoms with van der Waals surface area (Å²) < 4.78 is 7.83. The lowest BCUT2D eigenvalue weighted by Crippen LogP contribution is -2.45. The molecule has 2 fully saturated rings. The molecule has 2 aliphatic rings. The fourth-order valence-corrected chi connectivity index (χ4v) is 4.15. The van der Waals surface area contributed by atoms with Crippen LogP contribution in [0.1, 0.15) is 50.6 Å². The van der Waals surface area contributed by atoms with Gasteiger partial charge in [-0.2, -0.15) is 9.78 Å². The topological polar surface area (TPSA) is 90.9 Å². The van der Waals surface area contributed by atoms with Gasteiger partial charge in [-0.3, -0.25) is 0 Å². The van der Waals surface area contributed by atoms with Crippen LogP contribution >= 0.6 is 0 Å². The SMILES string of the molecule is Cc1cc(N)n(-c2cc(N[C@H]3CCOC4(CCCCC4)C3)ncn2)n1. The molecule has 7 heteroatoms. The molecule has 2 aromatic heterocycles. The van der Waals surface area contributed by atoms with E-state index in [1.54, 1.807) is 11.0 Å². The summed E-state index contributed by atoms with van der Waals surface area (Å²) in [6.07, 6.45) is 9.88. The van der Waals surface area contributed by atoms with Crippen molar-refractivity contribution in [3.63, 3.8) is 0 Å². The zero-order valence-electron chi connectivity index (χ0n) is 14.7. The van der Waals surface area contributed by atoms with E-state index in [1.807, 2.05) is 19.1 Å². The van der Waals surface area contributed by atoms with Crippen molar-refractivity contribution in [3.8, 4) is 5.82 Å². The molecule has 25 heavy (non-hydrogen) atoms. The van der Waals surface area contributed by atoms with Crippen molar-refractivity contribution in [1.82, 2.24) is 19.7 Å². The number of aryl methyl sites for hydroxylation is 1. The Labute approximate surface area is 148 Å². The van der Waals surface area contributed by atoms with Gasteiger partial charge < -0.3 is 15.8 Å². The second kappa shape index (κ2) is 6.63. The Morgan fingerprint density at radius 2 is 2.08 bits per heavy atom. The second-order valence-electron chi connectivity index (χ2n) is 7.31. The Morgan fingerprint density at radius 1 is 1.24 bits per heavy atom. The Hall–Kier alpha value is -2.15. The summed E-state index contributed by atoms with van der Waals surface area (Å²) in [5.41, 5.74) is 6.95. The van der Waals surface area contributed by atoms with Crippen molar-refractivity contribution in [1.29, 1.82) is 0 Å². The van der Waals surface area contributed by atoms with Gasteiger partial charge in [0, 0.05) is 24.8 Å². The lowest BCUT2D eigenvalue weighted by molar-refractivity contribution is -0.103. The normalized spacial score (nSPS) is 22.8. The minimum absolute atomic E-state index is 0.0769. The molecule has 7 nitrogen and oxygen atoms in total. The largest absolute Gasteiger partial charge is 0.384 e. The molecule has 0 amide bonds. The zero-order chi connectivity index (χ0) is 17.3. The molecule has 4 rings (SSSR count). The summed E-state index contributed by atoms with van der Waals surface area (Å²) in [6.45, 7) is 2.74. The van der Waals surface area contributed by atoms with Crippen LogP contribution in [0.2, 0.25) is 0 Å². The first-order valence-corrected chi connectivity index (χ1v) is 9.19. The van der Waals surface area contributed by atoms with Crippen LogP contribution in [0.5, 0.6) is 0 Å². The number of aromatic nitrogens is 4. The Morgan fingerprint density at radius 3 is 2.84 bits per heavy atom. The van der Waals surface area contributed by atoms with Crippen molar-refractivity contribution < 1.29 is 4.74 Å². The van der Waals surface area contributed by atoms with E-state index in [2.05, 4.69) is 20.4 Å². The first-order valence-electron chi connectivity index (χ1n) is 9.19. The van der Waals surface area contributed by atoms with Crippen LogP contribution in [-0.2, 0) is 4.74 Å². The number of hydrogen-bond donors (Lipinski definition) is 2. The zero-order valence-corrected chi connectivity index (χ0v) is 14.7. The molecule has 0 unspecified atom stereocenters. The van der Waals surface area contributed by atoms with E-state index in [-0.39, 0.29) is 5.60 Å². The van der Waals surface area contributed by atoms with Gasteiger partial charge in [-0.05, 0) is 32.6 Å². The van der Waals surface area contributed by atoms with Crippen LogP contribution in [0, 0.1) is 6.92 Å². The van der Waals surface area contributed by atoms with Gasteiger partial charge in [0.1, 0.15) is 18.0 Å². The number of nitrogens with one attached hydrogen (secondary N) is 1. The average molecular weight is 342 g/mol. The third-order valence-electron chi connectivity index (χ3n) is 5.34. The van der Waals surface area contributed by atoms with Crippen molar-refractivity contribution in [2.24, 2.45) is 0 Å². The van der Waals surface area contributed by atoms with Crippen LogP contribution < -0.4 is 11.1 Å². The number of nitrogens with zero attached hydrogens (tertiary/aromatic N) is 4. The van der Waals surface area contributed by atoms with Crippen LogP contribution in [0.4, 0.5) is 11.6 Å². The summed E-state index contributed by atoms with van der Waals surface area (Å²) in [5.74, 6) is 2.08. The number of nitrogen functional groups attached to an aromatic ring is 1. The predicted molar refractivity (Wildman–Crippen MR) is 96.7 cm³/mol. The van der Waals surface area contributed by atoms with Crippen LogP contribution in [0.15, 0.2) is 18.5 Å². The van der Waals surface area contributed by atoms with Gasteiger partial charge in [0.15, 0.2) is 5.82 Å². The van der Waals surface area contributed by atoms with E-state index in [4.69, 9.17) is 10.5 Å². The quantitative estimate of drug-likeness (QED) is 0.891. The highest BCUT2D eigenvalue weighted by Gasteiger charge is 2.38. The molecule has 1 aliphatic carbocycles. The summed E-state index contributed by atoms with van der Waals surface area (Å²) >= 11 is 0. The van der Waals surface area contributed by atoms with E-state index in [0.717, 1.165) is 31.0 Å². The summed E-state index contributed by atoms with van der Waals surface area (Å²) in [6, 6.07) is 4.12. The molecule has 0 aromatic carbocycles. The van der Waals surface area contributed by atoms with Gasteiger partial charge in [-0.25, -0.2) is 9.97 Å². The standard InChI is InChI=1S/C18H26N6O/c1-13-9-15(19)24(23-13)17-10-16(20-12-21-17)22-14-5-8-25-18(11-14)6-3-2-4-7-18/h9-10,12,14H,2-8,11,19H2,1H3,(H,20,21,22)/t14-/m0/s1. The Kier molecular flexibility index (Phi) is 4.33. The fourth-order valence-electron chi connectivity index (χ4n) is 4.15. The minimum Gasteiger partial charge on any atom is -0.384 e. The summed E-state index contributed by atoms with van der Waals surface area (Å²) in [4.78, 5) is 8.69. The molecule has 1 atom stereocenters. The van der Waals surface area contributed by atoms with E-state index in [9.17, 15) is 0 Å². The highest BCUT2D eigenvalue weighted by molar-refractivity contribution is 5.45. The molecule has 3 heterocycles. The Bertz CT molecular complexity index is 731. The number of anilines is 2. The van der Waals surface area contributed by atoms with E-state index < -0.39 is 0 Å². The molecule has 0 bridgehead atoms. The molecule has 1 saturated heterocycles. The molecule has 1 spiro atoms. The van der Waals surface area contributed by atoms with Gasteiger partial charge in [0.25, 0.3) is 0 Å². The second-order valence-corrected chi connectivity index (χ2v) is 7.31. The Balaban J connectivity index is 1.49. The predicted octanol–water partition coefficient (Wildman–Crippen LogP) is 2.85. The maximum Gasteiger partial charge on any atom is 0.161 e. The van der Waals surface area contributed by atoms with Gasteiger partial charge in [0.2, 0.25) is 0 Å². The van der Waals surface area contributed by atoms with Crippen molar-refractivity contribution >= 4 is 11.6 Å². The minimum atomic E-state index is 0.0769. The first kappa shape index (κ1) is 16.3. The van der Waals surface area contributed by atoms with Crippen molar-refractivity contribution in [2.45, 2.75) is 63.5 Å². The van der Waals surface area contributed by atoms with Crippen LogP contribution in [0.25, 0.3) is 5.82 Å². The monoisotopic (exact) mass is 342 g/mol. The maximum absolute atomic E-state index is 6.18. The molecular weight excluding hydrogens is 316 g/mol. The van der Waals surface area contributed by atoms with Gasteiger partial charge in [-0.1, -0.05) is 19.3 Å². The molecule has 134 valence electrons. The highest BCUT2D eigenvalue weighted by Crippen LogP contribution is 2.39. The molecule has 0 radical (unpaired) electrons. The highest BCUT2D eigenvalue weighted by atomic mass is 16.5. The van der Waals surface area contributed by atoms with Gasteiger partial charge in [0.05, 0.1) is 11.3 Å².